The molecule has 32 heavy (non-hydrogen) atoms. The summed E-state index contributed by atoms with van der Waals surface area (Å²) < 4.78 is 43.2. The van der Waals surface area contributed by atoms with E-state index in [1.807, 2.05) is 0 Å². The number of guanidine groups is 1. The summed E-state index contributed by atoms with van der Waals surface area (Å²) >= 11 is 0. The van der Waals surface area contributed by atoms with Crippen molar-refractivity contribution in [2.75, 3.05) is 25.5 Å². The number of benzene rings is 1. The van der Waals surface area contributed by atoms with Crippen LogP contribution < -0.4 is 10.6 Å². The molecule has 2 atom stereocenters. The summed E-state index contributed by atoms with van der Waals surface area (Å²) in [5.74, 6) is -2.86. The van der Waals surface area contributed by atoms with E-state index in [2.05, 4.69) is 15.0 Å². The number of nitrogens with zero attached hydrogens (tertiary/aromatic N) is 5. The summed E-state index contributed by atoms with van der Waals surface area (Å²) in [5.41, 5.74) is 4.97. The first kappa shape index (κ1) is 22.0. The molecule has 170 valence electrons. The Hall–Kier alpha value is -3.17. The molecule has 0 bridgehead atoms. The zero-order valence-corrected chi connectivity index (χ0v) is 18.4. The van der Waals surface area contributed by atoms with Crippen LogP contribution in [-0.4, -0.2) is 47.4 Å². The summed E-state index contributed by atoms with van der Waals surface area (Å²) in [6, 6.07) is 3.03. The minimum absolute atomic E-state index is 0.0294. The molecule has 10 heteroatoms. The molecule has 2 N–H and O–H groups in total. The Balaban J connectivity index is 1.75. The quantitative estimate of drug-likeness (QED) is 0.763. The predicted octanol–water partition coefficient (Wildman–Crippen LogP) is 2.83. The number of hydrogen-bond acceptors (Lipinski definition) is 6. The first-order valence-electron chi connectivity index (χ1n) is 10.4. The molecule has 0 spiro atoms. The van der Waals surface area contributed by atoms with E-state index in [0.29, 0.717) is 5.69 Å². The van der Waals surface area contributed by atoms with Gasteiger partial charge in [-0.1, -0.05) is 0 Å². The van der Waals surface area contributed by atoms with Crippen LogP contribution in [0.2, 0.25) is 0 Å². The van der Waals surface area contributed by atoms with Crippen LogP contribution >= 0.6 is 0 Å². The standard InChI is InChI=1S/C22H25F3N6O/c1-11-17(25)18(12-5-6-12)28-21(27-11)30(3)10-15-19(32)31(4)20(26)29-22(15,2)14-9-13(23)7-8-16(14)24/h7-9,12,15H,5-6,10H2,1-4H3,(H2,26,29)/t15-,22+/m0/s1. The SMILES string of the molecule is Cc1nc(N(C)C[C@H]2C(=O)N(C)C(N)=N[C@]2(C)c2cc(F)ccc2F)nc(C2CC2)c1F. The Morgan fingerprint density at radius 2 is 1.94 bits per heavy atom. The highest BCUT2D eigenvalue weighted by molar-refractivity contribution is 6.00. The molecule has 7 nitrogen and oxygen atoms in total. The van der Waals surface area contributed by atoms with Gasteiger partial charge < -0.3 is 10.6 Å². The Kier molecular flexibility index (Phi) is 5.34. The van der Waals surface area contributed by atoms with Crippen molar-refractivity contribution in [1.29, 1.82) is 0 Å². The number of rotatable bonds is 5. The van der Waals surface area contributed by atoms with Crippen molar-refractivity contribution in [3.05, 3.63) is 52.6 Å². The molecule has 1 fully saturated rings. The van der Waals surface area contributed by atoms with Crippen molar-refractivity contribution in [3.8, 4) is 0 Å². The largest absolute Gasteiger partial charge is 0.369 e. The zero-order chi connectivity index (χ0) is 23.4. The second-order valence-corrected chi connectivity index (χ2v) is 8.65. The van der Waals surface area contributed by atoms with Gasteiger partial charge in [-0.15, -0.1) is 0 Å². The summed E-state index contributed by atoms with van der Waals surface area (Å²) in [6.07, 6.45) is 1.74. The monoisotopic (exact) mass is 446 g/mol. The van der Waals surface area contributed by atoms with Gasteiger partial charge in [0.25, 0.3) is 0 Å². The maximum absolute atomic E-state index is 14.7. The number of anilines is 1. The summed E-state index contributed by atoms with van der Waals surface area (Å²) in [4.78, 5) is 29.0. The van der Waals surface area contributed by atoms with Gasteiger partial charge in [0.15, 0.2) is 11.8 Å². The topological polar surface area (TPSA) is 87.7 Å². The second-order valence-electron chi connectivity index (χ2n) is 8.65. The van der Waals surface area contributed by atoms with Gasteiger partial charge in [0, 0.05) is 32.1 Å². The molecule has 4 rings (SSSR count). The number of aromatic nitrogens is 2. The number of hydrogen-bond donors (Lipinski definition) is 1. The van der Waals surface area contributed by atoms with Crippen molar-refractivity contribution in [2.45, 2.75) is 38.1 Å². The van der Waals surface area contributed by atoms with E-state index < -0.39 is 34.8 Å². The number of aliphatic imine (C=N–C) groups is 1. The number of nitrogens with two attached hydrogens (primary N) is 1. The van der Waals surface area contributed by atoms with Crippen LogP contribution in [0, 0.1) is 30.3 Å². The summed E-state index contributed by atoms with van der Waals surface area (Å²) in [5, 5.41) is 0. The normalized spacial score (nSPS) is 23.3. The van der Waals surface area contributed by atoms with Crippen LogP contribution in [-0.2, 0) is 10.3 Å². The fourth-order valence-electron chi connectivity index (χ4n) is 4.09. The van der Waals surface area contributed by atoms with Crippen molar-refractivity contribution in [1.82, 2.24) is 14.9 Å². The molecule has 1 saturated carbocycles. The minimum atomic E-state index is -1.47. The van der Waals surface area contributed by atoms with Crippen LogP contribution in [0.1, 0.15) is 42.6 Å². The average molecular weight is 446 g/mol. The predicted molar refractivity (Wildman–Crippen MR) is 114 cm³/mol. The molecule has 1 aliphatic carbocycles. The van der Waals surface area contributed by atoms with E-state index in [1.165, 1.54) is 11.9 Å². The smallest absolute Gasteiger partial charge is 0.236 e. The van der Waals surface area contributed by atoms with E-state index in [-0.39, 0.29) is 35.6 Å². The zero-order valence-electron chi connectivity index (χ0n) is 18.4. The van der Waals surface area contributed by atoms with Crippen molar-refractivity contribution < 1.29 is 18.0 Å². The van der Waals surface area contributed by atoms with E-state index in [0.717, 1.165) is 31.0 Å². The lowest BCUT2D eigenvalue weighted by molar-refractivity contribution is -0.133. The van der Waals surface area contributed by atoms with Gasteiger partial charge in [-0.2, -0.15) is 0 Å². The Labute approximate surface area is 184 Å². The Morgan fingerprint density at radius 3 is 2.59 bits per heavy atom. The average Bonchev–Trinajstić information content (AvgIpc) is 3.58. The maximum Gasteiger partial charge on any atom is 0.236 e. The van der Waals surface area contributed by atoms with Gasteiger partial charge in [0.1, 0.15) is 17.2 Å². The van der Waals surface area contributed by atoms with E-state index in [1.54, 1.807) is 25.8 Å². The number of amides is 1. The summed E-state index contributed by atoms with van der Waals surface area (Å²) in [6.45, 7) is 3.14. The van der Waals surface area contributed by atoms with Gasteiger partial charge in [-0.3, -0.25) is 9.69 Å². The molecule has 1 amide bonds. The lowest BCUT2D eigenvalue weighted by Gasteiger charge is -2.42. The highest BCUT2D eigenvalue weighted by Crippen LogP contribution is 2.42. The van der Waals surface area contributed by atoms with Gasteiger partial charge in [-0.25, -0.2) is 28.1 Å². The highest BCUT2D eigenvalue weighted by Gasteiger charge is 2.48. The fourth-order valence-corrected chi connectivity index (χ4v) is 4.09. The van der Waals surface area contributed by atoms with E-state index in [9.17, 15) is 18.0 Å². The van der Waals surface area contributed by atoms with Gasteiger partial charge in [0.2, 0.25) is 11.9 Å². The Morgan fingerprint density at radius 1 is 1.25 bits per heavy atom. The van der Waals surface area contributed by atoms with Crippen LogP contribution in [0.4, 0.5) is 19.1 Å². The third-order valence-corrected chi connectivity index (χ3v) is 6.26. The van der Waals surface area contributed by atoms with Gasteiger partial charge in [0.05, 0.1) is 17.3 Å². The molecule has 0 radical (unpaired) electrons. The lowest BCUT2D eigenvalue weighted by Crippen LogP contribution is -2.56. The van der Waals surface area contributed by atoms with E-state index in [4.69, 9.17) is 5.73 Å². The van der Waals surface area contributed by atoms with Crippen LogP contribution in [0.3, 0.4) is 0 Å². The fraction of sp³-hybridized carbons (Fsp3) is 0.455. The molecule has 0 unspecified atom stereocenters. The molecular formula is C22H25F3N6O. The molecule has 2 aliphatic rings. The highest BCUT2D eigenvalue weighted by atomic mass is 19.1. The third kappa shape index (κ3) is 3.67. The van der Waals surface area contributed by atoms with Crippen molar-refractivity contribution in [2.24, 2.45) is 16.6 Å². The molecular weight excluding hydrogens is 421 g/mol. The van der Waals surface area contributed by atoms with Crippen LogP contribution in [0.15, 0.2) is 23.2 Å². The number of aryl methyl sites for hydroxylation is 1. The first-order valence-corrected chi connectivity index (χ1v) is 10.4. The molecule has 2 aromatic rings. The van der Waals surface area contributed by atoms with Gasteiger partial charge in [-0.05, 0) is 44.9 Å². The minimum Gasteiger partial charge on any atom is -0.369 e. The number of carbonyl (C=O) groups excluding carboxylic acids is 1. The molecule has 1 aliphatic heterocycles. The molecule has 0 saturated heterocycles. The molecule has 1 aromatic heterocycles. The second kappa shape index (κ2) is 7.75. The lowest BCUT2D eigenvalue weighted by atomic mass is 9.77. The van der Waals surface area contributed by atoms with Crippen LogP contribution in [0.25, 0.3) is 0 Å². The summed E-state index contributed by atoms with van der Waals surface area (Å²) in [7, 11) is 3.14. The van der Waals surface area contributed by atoms with Crippen LogP contribution in [0.5, 0.6) is 0 Å². The first-order chi connectivity index (χ1) is 15.0. The molecule has 1 aromatic carbocycles. The van der Waals surface area contributed by atoms with E-state index >= 15 is 0 Å². The van der Waals surface area contributed by atoms with Gasteiger partial charge >= 0.3 is 0 Å². The molecule has 2 heterocycles. The Bertz CT molecular complexity index is 1120. The number of halogens is 3. The van der Waals surface area contributed by atoms with Crippen molar-refractivity contribution in [3.63, 3.8) is 0 Å². The maximum atomic E-state index is 14.7. The third-order valence-electron chi connectivity index (χ3n) is 6.26. The van der Waals surface area contributed by atoms with Crippen molar-refractivity contribution >= 4 is 17.8 Å². The number of carbonyl (C=O) groups is 1.